The van der Waals surface area contributed by atoms with Crippen LogP contribution in [0.3, 0.4) is 0 Å². The van der Waals surface area contributed by atoms with Gasteiger partial charge in [0.15, 0.2) is 0 Å². The van der Waals surface area contributed by atoms with Gasteiger partial charge in [-0.3, -0.25) is 4.79 Å². The molecular formula is C6H8N2O3S. The highest BCUT2D eigenvalue weighted by atomic mass is 32.2. The van der Waals surface area contributed by atoms with E-state index in [1.807, 2.05) is 0 Å². The Labute approximate surface area is 73.5 Å². The van der Waals surface area contributed by atoms with Gasteiger partial charge >= 0.3 is 5.97 Å². The molecule has 12 heavy (non-hydrogen) atoms. The number of thioether (sulfide) groups is 1. The van der Waals surface area contributed by atoms with E-state index < -0.39 is 0 Å². The Kier molecular flexibility index (Phi) is 3.59. The number of carbonyl (C=O) groups is 1. The Hall–Kier alpha value is -1.04. The summed E-state index contributed by atoms with van der Waals surface area (Å²) in [7, 11) is 1.36. The van der Waals surface area contributed by atoms with Gasteiger partial charge in [-0.1, -0.05) is 11.8 Å². The Balaban J connectivity index is 2.15. The third-order valence-electron chi connectivity index (χ3n) is 1.10. The molecule has 0 bridgehead atoms. The van der Waals surface area contributed by atoms with Crippen molar-refractivity contribution in [1.29, 1.82) is 0 Å². The number of rotatable bonds is 4. The molecule has 0 spiro atoms. The Morgan fingerprint density at radius 2 is 2.67 bits per heavy atom. The first-order valence-corrected chi connectivity index (χ1v) is 4.27. The molecule has 0 atom stereocenters. The number of carbonyl (C=O) groups excluding carboxylic acids is 1. The minimum absolute atomic E-state index is 0.234. The van der Waals surface area contributed by atoms with Crippen LogP contribution in [0.2, 0.25) is 0 Å². The van der Waals surface area contributed by atoms with Crippen molar-refractivity contribution < 1.29 is 13.9 Å². The second kappa shape index (κ2) is 4.76. The molecule has 0 saturated carbocycles. The van der Waals surface area contributed by atoms with E-state index in [0.29, 0.717) is 17.4 Å². The predicted octanol–water partition coefficient (Wildman–Crippen LogP) is 0.725. The number of esters is 1. The van der Waals surface area contributed by atoms with Gasteiger partial charge in [-0.25, -0.2) is 0 Å². The van der Waals surface area contributed by atoms with Gasteiger partial charge in [-0.05, 0) is 0 Å². The van der Waals surface area contributed by atoms with Crippen LogP contribution in [0.25, 0.3) is 0 Å². The maximum Gasteiger partial charge on any atom is 0.306 e. The van der Waals surface area contributed by atoms with E-state index in [1.165, 1.54) is 25.3 Å². The van der Waals surface area contributed by atoms with Crippen molar-refractivity contribution >= 4 is 17.7 Å². The average molecular weight is 188 g/mol. The summed E-state index contributed by atoms with van der Waals surface area (Å²) in [6, 6.07) is 0. The molecule has 1 aromatic rings. The van der Waals surface area contributed by atoms with Gasteiger partial charge in [0, 0.05) is 5.75 Å². The summed E-state index contributed by atoms with van der Waals surface area (Å²) in [6.45, 7) is 0. The molecule has 0 unspecified atom stereocenters. The zero-order valence-electron chi connectivity index (χ0n) is 6.52. The van der Waals surface area contributed by atoms with Crippen molar-refractivity contribution in [2.24, 2.45) is 0 Å². The predicted molar refractivity (Wildman–Crippen MR) is 41.7 cm³/mol. The second-order valence-electron chi connectivity index (χ2n) is 1.88. The molecule has 0 fully saturated rings. The Bertz CT molecular complexity index is 237. The third kappa shape index (κ3) is 2.91. The van der Waals surface area contributed by atoms with Crippen molar-refractivity contribution in [2.75, 3.05) is 12.9 Å². The first kappa shape index (κ1) is 9.05. The molecule has 0 N–H and O–H groups in total. The molecule has 1 heterocycles. The lowest BCUT2D eigenvalue weighted by Gasteiger charge is -1.95. The number of hydrogen-bond acceptors (Lipinski definition) is 6. The third-order valence-corrected chi connectivity index (χ3v) is 1.93. The van der Waals surface area contributed by atoms with Crippen LogP contribution in [0.15, 0.2) is 16.0 Å². The van der Waals surface area contributed by atoms with Crippen LogP contribution in [0.5, 0.6) is 0 Å². The van der Waals surface area contributed by atoms with Gasteiger partial charge in [0.25, 0.3) is 5.22 Å². The maximum absolute atomic E-state index is 10.6. The fourth-order valence-corrected chi connectivity index (χ4v) is 1.21. The smallest absolute Gasteiger partial charge is 0.306 e. The maximum atomic E-state index is 10.6. The van der Waals surface area contributed by atoms with Gasteiger partial charge < -0.3 is 9.15 Å². The lowest BCUT2D eigenvalue weighted by atomic mass is 10.5. The summed E-state index contributed by atoms with van der Waals surface area (Å²) in [5.74, 6) is 0.358. The molecule has 0 aromatic carbocycles. The lowest BCUT2D eigenvalue weighted by Crippen LogP contribution is -2.00. The molecule has 6 heteroatoms. The van der Waals surface area contributed by atoms with Crippen LogP contribution < -0.4 is 0 Å². The standard InChI is InChI=1S/C6H8N2O3S/c1-10-5(9)2-3-12-6-8-7-4-11-6/h4H,2-3H2,1H3. The molecule has 0 radical (unpaired) electrons. The van der Waals surface area contributed by atoms with Crippen molar-refractivity contribution in [2.45, 2.75) is 11.6 Å². The van der Waals surface area contributed by atoms with Gasteiger partial charge in [0.2, 0.25) is 6.39 Å². The van der Waals surface area contributed by atoms with E-state index in [-0.39, 0.29) is 5.97 Å². The van der Waals surface area contributed by atoms with Gasteiger partial charge in [0.1, 0.15) is 0 Å². The molecule has 5 nitrogen and oxygen atoms in total. The van der Waals surface area contributed by atoms with Crippen LogP contribution in [-0.2, 0) is 9.53 Å². The normalized spacial score (nSPS) is 9.75. The Morgan fingerprint density at radius 1 is 1.83 bits per heavy atom. The lowest BCUT2D eigenvalue weighted by molar-refractivity contribution is -0.140. The topological polar surface area (TPSA) is 65.2 Å². The number of aromatic nitrogens is 2. The minimum Gasteiger partial charge on any atom is -0.469 e. The summed E-state index contributed by atoms with van der Waals surface area (Å²) in [5.41, 5.74) is 0. The van der Waals surface area contributed by atoms with Gasteiger partial charge in [-0.2, -0.15) is 0 Å². The van der Waals surface area contributed by atoms with Crippen LogP contribution in [0.4, 0.5) is 0 Å². The molecule has 1 rings (SSSR count). The summed E-state index contributed by atoms with van der Waals surface area (Å²) >= 11 is 1.33. The summed E-state index contributed by atoms with van der Waals surface area (Å²) < 4.78 is 9.29. The van der Waals surface area contributed by atoms with Gasteiger partial charge in [0.05, 0.1) is 13.5 Å². The van der Waals surface area contributed by atoms with Crippen LogP contribution >= 0.6 is 11.8 Å². The van der Waals surface area contributed by atoms with E-state index in [2.05, 4.69) is 14.9 Å². The zero-order valence-corrected chi connectivity index (χ0v) is 7.34. The van der Waals surface area contributed by atoms with Crippen LogP contribution in [0, 0.1) is 0 Å². The quantitative estimate of drug-likeness (QED) is 0.512. The minimum atomic E-state index is -0.234. The summed E-state index contributed by atoms with van der Waals surface area (Å²) in [4.78, 5) is 10.6. The van der Waals surface area contributed by atoms with Crippen molar-refractivity contribution in [3.05, 3.63) is 6.39 Å². The molecule has 0 saturated heterocycles. The van der Waals surface area contributed by atoms with Gasteiger partial charge in [-0.15, -0.1) is 10.2 Å². The fraction of sp³-hybridized carbons (Fsp3) is 0.500. The molecular weight excluding hydrogens is 180 g/mol. The number of methoxy groups -OCH3 is 1. The summed E-state index contributed by atoms with van der Waals surface area (Å²) in [5, 5.41) is 7.59. The number of ether oxygens (including phenoxy) is 1. The van der Waals surface area contributed by atoms with Crippen molar-refractivity contribution in [3.63, 3.8) is 0 Å². The molecule has 66 valence electrons. The average Bonchev–Trinajstić information content (AvgIpc) is 2.57. The van der Waals surface area contributed by atoms with E-state index >= 15 is 0 Å². The van der Waals surface area contributed by atoms with E-state index in [4.69, 9.17) is 4.42 Å². The highest BCUT2D eigenvalue weighted by molar-refractivity contribution is 7.99. The summed E-state index contributed by atoms with van der Waals surface area (Å²) in [6.07, 6.45) is 1.60. The molecule has 0 aliphatic rings. The first-order valence-electron chi connectivity index (χ1n) is 3.28. The zero-order chi connectivity index (χ0) is 8.81. The van der Waals surface area contributed by atoms with E-state index in [1.54, 1.807) is 0 Å². The molecule has 0 aliphatic heterocycles. The number of hydrogen-bond donors (Lipinski definition) is 0. The second-order valence-corrected chi connectivity index (χ2v) is 2.93. The van der Waals surface area contributed by atoms with Crippen LogP contribution in [-0.4, -0.2) is 29.0 Å². The van der Waals surface area contributed by atoms with Crippen LogP contribution in [0.1, 0.15) is 6.42 Å². The fourth-order valence-electron chi connectivity index (χ4n) is 0.550. The molecule has 0 amide bonds. The monoisotopic (exact) mass is 188 g/mol. The van der Waals surface area contributed by atoms with Crippen molar-refractivity contribution in [3.8, 4) is 0 Å². The SMILES string of the molecule is COC(=O)CCSc1nnco1. The number of nitrogens with zero attached hydrogens (tertiary/aromatic N) is 2. The molecule has 0 aliphatic carbocycles. The van der Waals surface area contributed by atoms with E-state index in [9.17, 15) is 4.79 Å². The van der Waals surface area contributed by atoms with Crippen molar-refractivity contribution in [1.82, 2.24) is 10.2 Å². The Morgan fingerprint density at radius 3 is 3.25 bits per heavy atom. The largest absolute Gasteiger partial charge is 0.469 e. The first-order chi connectivity index (χ1) is 5.83. The molecule has 1 aromatic heterocycles. The van der Waals surface area contributed by atoms with E-state index in [0.717, 1.165) is 0 Å². The highest BCUT2D eigenvalue weighted by Crippen LogP contribution is 2.14. The highest BCUT2D eigenvalue weighted by Gasteiger charge is 2.03.